The second-order valence-corrected chi connectivity index (χ2v) is 6.19. The lowest BCUT2D eigenvalue weighted by atomic mass is 10.2. The summed E-state index contributed by atoms with van der Waals surface area (Å²) in [5.41, 5.74) is 1.52. The van der Waals surface area contributed by atoms with Crippen molar-refractivity contribution in [3.05, 3.63) is 51.8 Å². The van der Waals surface area contributed by atoms with Crippen LogP contribution in [0.5, 0.6) is 17.2 Å². The van der Waals surface area contributed by atoms with Crippen LogP contribution in [0, 0.1) is 4.77 Å². The van der Waals surface area contributed by atoms with E-state index in [0.29, 0.717) is 38.4 Å². The van der Waals surface area contributed by atoms with Crippen molar-refractivity contribution in [1.82, 2.24) is 14.9 Å². The Morgan fingerprint density at radius 2 is 1.67 bits per heavy atom. The summed E-state index contributed by atoms with van der Waals surface area (Å²) in [5.74, 6) is 2.27. The minimum atomic E-state index is 0.357. The largest absolute Gasteiger partial charge is 0.496 e. The van der Waals surface area contributed by atoms with Gasteiger partial charge in [0, 0.05) is 22.2 Å². The number of hydrogen-bond acceptors (Lipinski definition) is 6. The molecule has 0 unspecified atom stereocenters. The van der Waals surface area contributed by atoms with E-state index in [1.54, 1.807) is 51.8 Å². The standard InChI is InChI=1S/C18H17ClN4O3S/c1-24-14-9-16(26-3)15(25-2)8-12(14)10-20-23-17(21-22-18(23)27)11-4-6-13(19)7-5-11/h4-10H,1-3H3,(H,22,27). The number of benzene rings is 2. The van der Waals surface area contributed by atoms with Crippen LogP contribution in [0.2, 0.25) is 5.02 Å². The molecule has 2 aromatic carbocycles. The summed E-state index contributed by atoms with van der Waals surface area (Å²) in [6.45, 7) is 0. The number of hydrogen-bond donors (Lipinski definition) is 1. The molecule has 0 amide bonds. The lowest BCUT2D eigenvalue weighted by Gasteiger charge is -2.11. The van der Waals surface area contributed by atoms with E-state index < -0.39 is 0 Å². The molecule has 3 rings (SSSR count). The molecule has 0 atom stereocenters. The predicted molar refractivity (Wildman–Crippen MR) is 107 cm³/mol. The minimum absolute atomic E-state index is 0.357. The number of rotatable bonds is 6. The van der Waals surface area contributed by atoms with Gasteiger partial charge in [0.2, 0.25) is 4.77 Å². The number of ether oxygens (including phenoxy) is 3. The van der Waals surface area contributed by atoms with Crippen LogP contribution in [-0.4, -0.2) is 42.4 Å². The lowest BCUT2D eigenvalue weighted by molar-refractivity contribution is 0.349. The molecule has 7 nitrogen and oxygen atoms in total. The fraction of sp³-hybridized carbons (Fsp3) is 0.167. The highest BCUT2D eigenvalue weighted by Crippen LogP contribution is 2.33. The van der Waals surface area contributed by atoms with Crippen molar-refractivity contribution >= 4 is 30.0 Å². The van der Waals surface area contributed by atoms with Crippen LogP contribution < -0.4 is 14.2 Å². The van der Waals surface area contributed by atoms with Crippen molar-refractivity contribution in [3.8, 4) is 28.6 Å². The number of halogens is 1. The lowest BCUT2D eigenvalue weighted by Crippen LogP contribution is -1.99. The Balaban J connectivity index is 2.03. The summed E-state index contributed by atoms with van der Waals surface area (Å²) in [5, 5.41) is 12.1. The topological polar surface area (TPSA) is 73.7 Å². The van der Waals surface area contributed by atoms with Gasteiger partial charge in [0.05, 0.1) is 27.5 Å². The molecule has 0 saturated carbocycles. The smallest absolute Gasteiger partial charge is 0.216 e. The van der Waals surface area contributed by atoms with Crippen LogP contribution in [-0.2, 0) is 0 Å². The first-order valence-corrected chi connectivity index (χ1v) is 8.63. The van der Waals surface area contributed by atoms with Crippen LogP contribution >= 0.6 is 23.8 Å². The average Bonchev–Trinajstić information content (AvgIpc) is 3.06. The third-order valence-electron chi connectivity index (χ3n) is 3.80. The van der Waals surface area contributed by atoms with Crippen molar-refractivity contribution in [1.29, 1.82) is 0 Å². The van der Waals surface area contributed by atoms with Crippen molar-refractivity contribution in [3.63, 3.8) is 0 Å². The maximum absolute atomic E-state index is 5.95. The first-order chi connectivity index (χ1) is 13.1. The Bertz CT molecular complexity index is 1030. The number of nitrogens with one attached hydrogen (secondary N) is 1. The SMILES string of the molecule is COc1cc(OC)c(OC)cc1C=Nn1c(-c2ccc(Cl)cc2)n[nH]c1=S. The summed E-state index contributed by atoms with van der Waals surface area (Å²) >= 11 is 11.2. The average molecular weight is 405 g/mol. The van der Waals surface area contributed by atoms with E-state index >= 15 is 0 Å². The van der Waals surface area contributed by atoms with Crippen molar-refractivity contribution in [2.45, 2.75) is 0 Å². The quantitative estimate of drug-likeness (QED) is 0.493. The predicted octanol–water partition coefficient (Wildman–Crippen LogP) is 4.17. The van der Waals surface area contributed by atoms with E-state index in [2.05, 4.69) is 15.3 Å². The molecule has 27 heavy (non-hydrogen) atoms. The van der Waals surface area contributed by atoms with Crippen molar-refractivity contribution in [2.75, 3.05) is 21.3 Å². The van der Waals surface area contributed by atoms with Crippen LogP contribution in [0.15, 0.2) is 41.5 Å². The summed E-state index contributed by atoms with van der Waals surface area (Å²) in [4.78, 5) is 0. The summed E-state index contributed by atoms with van der Waals surface area (Å²) < 4.78 is 17.9. The number of methoxy groups -OCH3 is 3. The molecule has 0 aliphatic rings. The highest BCUT2D eigenvalue weighted by molar-refractivity contribution is 7.71. The number of aromatic nitrogens is 3. The molecule has 0 bridgehead atoms. The molecule has 1 N–H and O–H groups in total. The van der Waals surface area contributed by atoms with Gasteiger partial charge in [0.25, 0.3) is 0 Å². The fourth-order valence-corrected chi connectivity index (χ4v) is 2.76. The molecule has 0 aliphatic heterocycles. The maximum Gasteiger partial charge on any atom is 0.216 e. The molecule has 0 fully saturated rings. The Morgan fingerprint density at radius 3 is 2.30 bits per heavy atom. The number of aromatic amines is 1. The van der Waals surface area contributed by atoms with Crippen molar-refractivity contribution in [2.24, 2.45) is 5.10 Å². The van der Waals surface area contributed by atoms with Gasteiger partial charge < -0.3 is 14.2 Å². The van der Waals surface area contributed by atoms with Gasteiger partial charge in [-0.05, 0) is 42.5 Å². The molecule has 0 spiro atoms. The van der Waals surface area contributed by atoms with Gasteiger partial charge in [-0.1, -0.05) is 11.6 Å². The second kappa shape index (κ2) is 8.24. The zero-order valence-corrected chi connectivity index (χ0v) is 16.5. The zero-order valence-electron chi connectivity index (χ0n) is 14.9. The molecular formula is C18H17ClN4O3S. The minimum Gasteiger partial charge on any atom is -0.496 e. The van der Waals surface area contributed by atoms with Gasteiger partial charge in [-0.3, -0.25) is 0 Å². The van der Waals surface area contributed by atoms with E-state index in [4.69, 9.17) is 38.0 Å². The third-order valence-corrected chi connectivity index (χ3v) is 4.32. The van der Waals surface area contributed by atoms with Crippen LogP contribution in [0.25, 0.3) is 11.4 Å². The molecule has 3 aromatic rings. The van der Waals surface area contributed by atoms with E-state index in [1.807, 2.05) is 12.1 Å². The van der Waals surface area contributed by atoms with Crippen LogP contribution in [0.1, 0.15) is 5.56 Å². The Hall–Kier alpha value is -2.84. The summed E-state index contributed by atoms with van der Waals surface area (Å²) in [6, 6.07) is 10.7. The fourth-order valence-electron chi connectivity index (χ4n) is 2.46. The van der Waals surface area contributed by atoms with Gasteiger partial charge in [-0.25, -0.2) is 5.10 Å². The molecule has 9 heteroatoms. The molecule has 1 aromatic heterocycles. The summed E-state index contributed by atoms with van der Waals surface area (Å²) in [7, 11) is 4.70. The van der Waals surface area contributed by atoms with Crippen LogP contribution in [0.3, 0.4) is 0 Å². The van der Waals surface area contributed by atoms with E-state index in [-0.39, 0.29) is 0 Å². The van der Waals surface area contributed by atoms with Gasteiger partial charge in [-0.15, -0.1) is 0 Å². The molecule has 0 saturated heterocycles. The molecular weight excluding hydrogens is 388 g/mol. The highest BCUT2D eigenvalue weighted by Gasteiger charge is 2.12. The third kappa shape index (κ3) is 3.96. The Morgan fingerprint density at radius 1 is 1.04 bits per heavy atom. The van der Waals surface area contributed by atoms with Gasteiger partial charge in [0.15, 0.2) is 17.3 Å². The first-order valence-electron chi connectivity index (χ1n) is 7.85. The maximum atomic E-state index is 5.95. The molecule has 1 heterocycles. The summed E-state index contributed by atoms with van der Waals surface area (Å²) in [6.07, 6.45) is 1.62. The molecule has 0 aliphatic carbocycles. The Labute approximate surface area is 166 Å². The van der Waals surface area contributed by atoms with Gasteiger partial charge >= 0.3 is 0 Å². The van der Waals surface area contributed by atoms with Gasteiger partial charge in [-0.2, -0.15) is 14.9 Å². The monoisotopic (exact) mass is 404 g/mol. The normalized spacial score (nSPS) is 11.0. The second-order valence-electron chi connectivity index (χ2n) is 5.36. The molecule has 0 radical (unpaired) electrons. The highest BCUT2D eigenvalue weighted by atomic mass is 35.5. The zero-order chi connectivity index (χ0) is 19.4. The first kappa shape index (κ1) is 18.9. The van der Waals surface area contributed by atoms with E-state index in [1.165, 1.54) is 4.68 Å². The van der Waals surface area contributed by atoms with Crippen molar-refractivity contribution < 1.29 is 14.2 Å². The van der Waals surface area contributed by atoms with E-state index in [0.717, 1.165) is 5.56 Å². The van der Waals surface area contributed by atoms with Gasteiger partial charge in [0.1, 0.15) is 5.75 Å². The molecule has 140 valence electrons. The van der Waals surface area contributed by atoms with Crippen LogP contribution in [0.4, 0.5) is 0 Å². The Kier molecular flexibility index (Phi) is 5.78. The number of H-pyrrole nitrogens is 1. The van der Waals surface area contributed by atoms with E-state index in [9.17, 15) is 0 Å². The number of nitrogens with zero attached hydrogens (tertiary/aromatic N) is 3.